The first-order valence-corrected chi connectivity index (χ1v) is 6.63. The summed E-state index contributed by atoms with van der Waals surface area (Å²) in [6.45, 7) is 2.19. The molecule has 0 radical (unpaired) electrons. The Morgan fingerprint density at radius 1 is 1.15 bits per heavy atom. The van der Waals surface area contributed by atoms with Gasteiger partial charge in [-0.15, -0.1) is 0 Å². The zero-order chi connectivity index (χ0) is 14.2. The van der Waals surface area contributed by atoms with E-state index in [1.165, 1.54) is 5.56 Å². The standard InChI is InChI=1S/C15H21N3O2/c1-19-15(20-2)10-16-8-14-9-17-18(12-14)11-13-6-4-3-5-7-13/h3-7,9,12,15-16H,8,10-11H2,1-2H3. The summed E-state index contributed by atoms with van der Waals surface area (Å²) in [5.74, 6) is 0. The fraction of sp³-hybridized carbons (Fsp3) is 0.400. The molecular formula is C15H21N3O2. The van der Waals surface area contributed by atoms with Gasteiger partial charge in [0.2, 0.25) is 0 Å². The lowest BCUT2D eigenvalue weighted by atomic mass is 10.2. The number of hydrogen-bond acceptors (Lipinski definition) is 4. The molecule has 0 unspecified atom stereocenters. The van der Waals surface area contributed by atoms with Crippen molar-refractivity contribution in [3.05, 3.63) is 53.9 Å². The van der Waals surface area contributed by atoms with Gasteiger partial charge in [-0.3, -0.25) is 4.68 Å². The molecule has 1 N–H and O–H groups in total. The lowest BCUT2D eigenvalue weighted by Gasteiger charge is -2.13. The number of nitrogens with zero attached hydrogens (tertiary/aromatic N) is 2. The molecule has 2 aromatic rings. The summed E-state index contributed by atoms with van der Waals surface area (Å²) in [7, 11) is 3.27. The minimum atomic E-state index is -0.214. The lowest BCUT2D eigenvalue weighted by molar-refractivity contribution is -0.0989. The third-order valence-electron chi connectivity index (χ3n) is 3.04. The van der Waals surface area contributed by atoms with E-state index in [0.29, 0.717) is 6.54 Å². The second kappa shape index (κ2) is 7.79. The van der Waals surface area contributed by atoms with Crippen molar-refractivity contribution < 1.29 is 9.47 Å². The van der Waals surface area contributed by atoms with Crippen LogP contribution in [0.3, 0.4) is 0 Å². The molecule has 1 heterocycles. The van der Waals surface area contributed by atoms with Crippen LogP contribution in [0.2, 0.25) is 0 Å². The Kier molecular flexibility index (Phi) is 5.73. The van der Waals surface area contributed by atoms with Crippen molar-refractivity contribution in [3.63, 3.8) is 0 Å². The van der Waals surface area contributed by atoms with Gasteiger partial charge in [-0.25, -0.2) is 0 Å². The summed E-state index contributed by atoms with van der Waals surface area (Å²) in [6.07, 6.45) is 3.72. The third-order valence-corrected chi connectivity index (χ3v) is 3.04. The number of aromatic nitrogens is 2. The van der Waals surface area contributed by atoms with E-state index >= 15 is 0 Å². The first-order valence-electron chi connectivity index (χ1n) is 6.63. The molecule has 0 aliphatic heterocycles. The zero-order valence-electron chi connectivity index (χ0n) is 12.0. The molecule has 0 saturated carbocycles. The van der Waals surface area contributed by atoms with Crippen LogP contribution >= 0.6 is 0 Å². The Balaban J connectivity index is 1.80. The maximum Gasteiger partial charge on any atom is 0.169 e. The van der Waals surface area contributed by atoms with Crippen molar-refractivity contribution in [2.45, 2.75) is 19.4 Å². The summed E-state index contributed by atoms with van der Waals surface area (Å²) in [4.78, 5) is 0. The quantitative estimate of drug-likeness (QED) is 0.744. The molecule has 5 heteroatoms. The minimum Gasteiger partial charge on any atom is -0.355 e. The molecule has 20 heavy (non-hydrogen) atoms. The highest BCUT2D eigenvalue weighted by Crippen LogP contribution is 2.04. The number of nitrogens with one attached hydrogen (secondary N) is 1. The summed E-state index contributed by atoms with van der Waals surface area (Å²) >= 11 is 0. The van der Waals surface area contributed by atoms with E-state index in [2.05, 4.69) is 28.7 Å². The molecule has 0 bridgehead atoms. The fourth-order valence-corrected chi connectivity index (χ4v) is 1.95. The molecule has 0 spiro atoms. The maximum absolute atomic E-state index is 5.12. The second-order valence-electron chi connectivity index (χ2n) is 4.56. The van der Waals surface area contributed by atoms with Crippen LogP contribution in [0.4, 0.5) is 0 Å². The molecular weight excluding hydrogens is 254 g/mol. The average molecular weight is 275 g/mol. The molecule has 0 fully saturated rings. The summed E-state index contributed by atoms with van der Waals surface area (Å²) in [6, 6.07) is 10.3. The largest absolute Gasteiger partial charge is 0.355 e. The van der Waals surface area contributed by atoms with Gasteiger partial charge in [0.1, 0.15) is 0 Å². The molecule has 0 saturated heterocycles. The number of rotatable bonds is 8. The van der Waals surface area contributed by atoms with Crippen molar-refractivity contribution in [1.29, 1.82) is 0 Å². The first kappa shape index (κ1) is 14.7. The van der Waals surface area contributed by atoms with Gasteiger partial charge in [-0.2, -0.15) is 5.10 Å². The van der Waals surface area contributed by atoms with Crippen molar-refractivity contribution >= 4 is 0 Å². The minimum absolute atomic E-state index is 0.214. The molecule has 0 aliphatic carbocycles. The van der Waals surface area contributed by atoms with Crippen molar-refractivity contribution in [2.75, 3.05) is 20.8 Å². The Labute approximate surface area is 119 Å². The van der Waals surface area contributed by atoms with Crippen LogP contribution in [0.1, 0.15) is 11.1 Å². The van der Waals surface area contributed by atoms with Crippen LogP contribution in [0.15, 0.2) is 42.7 Å². The Hall–Kier alpha value is -1.69. The van der Waals surface area contributed by atoms with Crippen molar-refractivity contribution in [2.24, 2.45) is 0 Å². The van der Waals surface area contributed by atoms with Crippen LogP contribution in [0, 0.1) is 0 Å². The highest BCUT2D eigenvalue weighted by molar-refractivity contribution is 5.15. The third kappa shape index (κ3) is 4.45. The second-order valence-corrected chi connectivity index (χ2v) is 4.56. The molecule has 1 aromatic carbocycles. The summed E-state index contributed by atoms with van der Waals surface area (Å²) in [5.41, 5.74) is 2.39. The van der Waals surface area contributed by atoms with E-state index in [9.17, 15) is 0 Å². The number of benzene rings is 1. The average Bonchev–Trinajstić information content (AvgIpc) is 2.92. The molecule has 0 atom stereocenters. The highest BCUT2D eigenvalue weighted by atomic mass is 16.7. The van der Waals surface area contributed by atoms with Crippen LogP contribution < -0.4 is 5.32 Å². The smallest absolute Gasteiger partial charge is 0.169 e. The van der Waals surface area contributed by atoms with Gasteiger partial charge in [0.25, 0.3) is 0 Å². The molecule has 108 valence electrons. The van der Waals surface area contributed by atoms with Gasteiger partial charge >= 0.3 is 0 Å². The number of hydrogen-bond donors (Lipinski definition) is 1. The molecule has 5 nitrogen and oxygen atoms in total. The SMILES string of the molecule is COC(CNCc1cnn(Cc2ccccc2)c1)OC. The molecule has 0 aliphatic rings. The first-order chi connectivity index (χ1) is 9.81. The summed E-state index contributed by atoms with van der Waals surface area (Å²) in [5, 5.41) is 7.64. The molecule has 1 aromatic heterocycles. The topological polar surface area (TPSA) is 48.3 Å². The number of methoxy groups -OCH3 is 2. The van der Waals surface area contributed by atoms with Gasteiger partial charge in [0, 0.05) is 39.1 Å². The van der Waals surface area contributed by atoms with Crippen LogP contribution in [0.5, 0.6) is 0 Å². The predicted molar refractivity (Wildman–Crippen MR) is 77.3 cm³/mol. The van der Waals surface area contributed by atoms with E-state index in [1.54, 1.807) is 14.2 Å². The monoisotopic (exact) mass is 275 g/mol. The van der Waals surface area contributed by atoms with Crippen molar-refractivity contribution in [1.82, 2.24) is 15.1 Å². The molecule has 0 amide bonds. The van der Waals surface area contributed by atoms with Crippen LogP contribution in [0.25, 0.3) is 0 Å². The van der Waals surface area contributed by atoms with E-state index in [0.717, 1.165) is 18.7 Å². The predicted octanol–water partition coefficient (Wildman–Crippen LogP) is 1.64. The Morgan fingerprint density at radius 3 is 2.60 bits per heavy atom. The van der Waals surface area contributed by atoms with Crippen LogP contribution in [-0.4, -0.2) is 36.8 Å². The Bertz CT molecular complexity index is 495. The van der Waals surface area contributed by atoms with E-state index in [1.807, 2.05) is 29.1 Å². The fourth-order valence-electron chi connectivity index (χ4n) is 1.95. The van der Waals surface area contributed by atoms with Gasteiger partial charge < -0.3 is 14.8 Å². The van der Waals surface area contributed by atoms with Gasteiger partial charge in [0.05, 0.1) is 12.7 Å². The summed E-state index contributed by atoms with van der Waals surface area (Å²) < 4.78 is 12.2. The van der Waals surface area contributed by atoms with E-state index in [4.69, 9.17) is 9.47 Å². The highest BCUT2D eigenvalue weighted by Gasteiger charge is 2.04. The van der Waals surface area contributed by atoms with E-state index < -0.39 is 0 Å². The Morgan fingerprint density at radius 2 is 1.90 bits per heavy atom. The van der Waals surface area contributed by atoms with E-state index in [-0.39, 0.29) is 6.29 Å². The van der Waals surface area contributed by atoms with Gasteiger partial charge in [-0.05, 0) is 5.56 Å². The van der Waals surface area contributed by atoms with Crippen molar-refractivity contribution in [3.8, 4) is 0 Å². The number of ether oxygens (including phenoxy) is 2. The normalized spacial score (nSPS) is 11.2. The van der Waals surface area contributed by atoms with Gasteiger partial charge in [0.15, 0.2) is 6.29 Å². The zero-order valence-corrected chi connectivity index (χ0v) is 12.0. The lowest BCUT2D eigenvalue weighted by Crippen LogP contribution is -2.29. The van der Waals surface area contributed by atoms with Gasteiger partial charge in [-0.1, -0.05) is 30.3 Å². The maximum atomic E-state index is 5.12. The molecule has 2 rings (SSSR count). The van der Waals surface area contributed by atoms with Crippen LogP contribution in [-0.2, 0) is 22.6 Å².